The van der Waals surface area contributed by atoms with Gasteiger partial charge in [0.15, 0.2) is 0 Å². The Morgan fingerprint density at radius 1 is 1.26 bits per heavy atom. The van der Waals surface area contributed by atoms with Gasteiger partial charge in [-0.25, -0.2) is 13.6 Å². The molecule has 0 unspecified atom stereocenters. The first-order valence-corrected chi connectivity index (χ1v) is 7.59. The fourth-order valence-electron chi connectivity index (χ4n) is 1.83. The molecule has 1 aromatic carbocycles. The Morgan fingerprint density at radius 2 is 1.84 bits per heavy atom. The molecule has 19 heavy (non-hydrogen) atoms. The summed E-state index contributed by atoms with van der Waals surface area (Å²) in [5.74, 6) is 0.724. The minimum absolute atomic E-state index is 0.164. The number of aryl methyl sites for hydroxylation is 1. The molecule has 0 aromatic heterocycles. The zero-order valence-corrected chi connectivity index (χ0v) is 12.9. The van der Waals surface area contributed by atoms with Crippen LogP contribution in [-0.2, 0) is 10.0 Å². The van der Waals surface area contributed by atoms with E-state index in [1.165, 1.54) is 5.57 Å². The van der Waals surface area contributed by atoms with E-state index >= 15 is 0 Å². The highest BCUT2D eigenvalue weighted by molar-refractivity contribution is 7.89. The molecule has 0 aliphatic rings. The summed E-state index contributed by atoms with van der Waals surface area (Å²) in [5, 5.41) is 5.21. The van der Waals surface area contributed by atoms with Gasteiger partial charge in [-0.15, -0.1) is 0 Å². The third-order valence-corrected chi connectivity index (χ3v) is 4.04. The molecule has 4 nitrogen and oxygen atoms in total. The van der Waals surface area contributed by atoms with Crippen LogP contribution in [0.4, 0.5) is 0 Å². The summed E-state index contributed by atoms with van der Waals surface area (Å²) in [6.07, 6.45) is 1.97. The van der Waals surface area contributed by atoms with Gasteiger partial charge in [0, 0.05) is 0 Å². The van der Waals surface area contributed by atoms with Crippen molar-refractivity contribution >= 4 is 10.0 Å². The number of hydrogen-bond donors (Lipinski definition) is 1. The van der Waals surface area contributed by atoms with Crippen molar-refractivity contribution in [2.75, 3.05) is 6.61 Å². The average Bonchev–Trinajstić information content (AvgIpc) is 2.26. The van der Waals surface area contributed by atoms with Crippen LogP contribution in [0.1, 0.15) is 30.5 Å². The molecule has 5 heteroatoms. The van der Waals surface area contributed by atoms with Crippen LogP contribution >= 0.6 is 0 Å². The van der Waals surface area contributed by atoms with Crippen molar-refractivity contribution in [3.05, 3.63) is 34.4 Å². The molecule has 0 atom stereocenters. The van der Waals surface area contributed by atoms with Gasteiger partial charge in [0.05, 0.1) is 4.90 Å². The second-order valence-electron chi connectivity index (χ2n) is 4.91. The number of benzene rings is 1. The van der Waals surface area contributed by atoms with Crippen molar-refractivity contribution in [3.63, 3.8) is 0 Å². The molecule has 0 aliphatic carbocycles. The molecule has 0 saturated carbocycles. The Kier molecular flexibility index (Phi) is 4.76. The summed E-state index contributed by atoms with van der Waals surface area (Å²) in [5.41, 5.74) is 3.40. The normalized spacial score (nSPS) is 11.3. The predicted molar refractivity (Wildman–Crippen MR) is 77.0 cm³/mol. The molecule has 0 heterocycles. The van der Waals surface area contributed by atoms with Crippen LogP contribution in [0, 0.1) is 20.8 Å². The van der Waals surface area contributed by atoms with Crippen LogP contribution in [0.2, 0.25) is 0 Å². The molecular formula is C14H21NO3S. The molecule has 0 spiro atoms. The van der Waals surface area contributed by atoms with Crippen molar-refractivity contribution in [2.45, 2.75) is 39.5 Å². The molecule has 1 aromatic rings. The van der Waals surface area contributed by atoms with Gasteiger partial charge < -0.3 is 4.74 Å². The molecule has 0 aliphatic heterocycles. The highest BCUT2D eigenvalue weighted by Crippen LogP contribution is 2.30. The molecule has 0 saturated heterocycles. The fourth-order valence-corrected chi connectivity index (χ4v) is 2.75. The Hall–Kier alpha value is -1.33. The maximum atomic E-state index is 11.5. The Bertz CT molecular complexity index is 612. The van der Waals surface area contributed by atoms with Crippen molar-refractivity contribution in [1.29, 1.82) is 0 Å². The van der Waals surface area contributed by atoms with E-state index in [2.05, 4.69) is 0 Å². The van der Waals surface area contributed by atoms with E-state index in [1.807, 2.05) is 33.8 Å². The lowest BCUT2D eigenvalue weighted by molar-refractivity contribution is 0.356. The SMILES string of the molecule is CC(C)=CCOc1c(C)cc(S(N)(=O)=O)c(C)c1C. The summed E-state index contributed by atoms with van der Waals surface area (Å²) in [7, 11) is -3.70. The van der Waals surface area contributed by atoms with Gasteiger partial charge >= 0.3 is 0 Å². The Morgan fingerprint density at radius 3 is 2.32 bits per heavy atom. The van der Waals surface area contributed by atoms with Crippen LogP contribution in [0.25, 0.3) is 0 Å². The first kappa shape index (κ1) is 15.7. The molecule has 2 N–H and O–H groups in total. The fraction of sp³-hybridized carbons (Fsp3) is 0.429. The number of allylic oxidation sites excluding steroid dienone is 1. The third kappa shape index (κ3) is 3.81. The van der Waals surface area contributed by atoms with Gasteiger partial charge in [-0.1, -0.05) is 5.57 Å². The zero-order chi connectivity index (χ0) is 14.8. The second-order valence-corrected chi connectivity index (χ2v) is 6.44. The number of primary sulfonamides is 1. The Balaban J connectivity index is 3.24. The van der Waals surface area contributed by atoms with Gasteiger partial charge in [0.25, 0.3) is 0 Å². The molecule has 1 rings (SSSR count). The van der Waals surface area contributed by atoms with Crippen molar-refractivity contribution in [2.24, 2.45) is 5.14 Å². The Labute approximate surface area is 115 Å². The summed E-state index contributed by atoms with van der Waals surface area (Å²) in [6.45, 7) is 9.87. The van der Waals surface area contributed by atoms with Crippen LogP contribution in [0.15, 0.2) is 22.6 Å². The van der Waals surface area contributed by atoms with Crippen LogP contribution in [0.3, 0.4) is 0 Å². The maximum Gasteiger partial charge on any atom is 0.238 e. The van der Waals surface area contributed by atoms with Crippen LogP contribution < -0.4 is 9.88 Å². The molecule has 0 bridgehead atoms. The topological polar surface area (TPSA) is 69.4 Å². The van der Waals surface area contributed by atoms with E-state index in [1.54, 1.807) is 13.0 Å². The van der Waals surface area contributed by atoms with E-state index in [-0.39, 0.29) is 4.90 Å². The van der Waals surface area contributed by atoms with Crippen LogP contribution in [-0.4, -0.2) is 15.0 Å². The summed E-state index contributed by atoms with van der Waals surface area (Å²) >= 11 is 0. The van der Waals surface area contributed by atoms with Gasteiger partial charge in [0.2, 0.25) is 10.0 Å². The molecule has 106 valence electrons. The van der Waals surface area contributed by atoms with E-state index < -0.39 is 10.0 Å². The zero-order valence-electron chi connectivity index (χ0n) is 12.1. The van der Waals surface area contributed by atoms with Gasteiger partial charge in [-0.2, -0.15) is 0 Å². The minimum Gasteiger partial charge on any atom is -0.489 e. The molecular weight excluding hydrogens is 262 g/mol. The number of sulfonamides is 1. The van der Waals surface area contributed by atoms with E-state index in [4.69, 9.17) is 9.88 Å². The number of nitrogens with two attached hydrogens (primary N) is 1. The lowest BCUT2D eigenvalue weighted by Gasteiger charge is -2.15. The minimum atomic E-state index is -3.70. The maximum absolute atomic E-state index is 11.5. The largest absolute Gasteiger partial charge is 0.489 e. The molecule has 0 radical (unpaired) electrons. The van der Waals surface area contributed by atoms with Crippen molar-refractivity contribution < 1.29 is 13.2 Å². The summed E-state index contributed by atoms with van der Waals surface area (Å²) in [4.78, 5) is 0.164. The number of rotatable bonds is 4. The quantitative estimate of drug-likeness (QED) is 0.863. The van der Waals surface area contributed by atoms with Crippen molar-refractivity contribution in [3.8, 4) is 5.75 Å². The van der Waals surface area contributed by atoms with Crippen molar-refractivity contribution in [1.82, 2.24) is 0 Å². The van der Waals surface area contributed by atoms with Gasteiger partial charge in [-0.3, -0.25) is 0 Å². The monoisotopic (exact) mass is 283 g/mol. The summed E-state index contributed by atoms with van der Waals surface area (Å²) < 4.78 is 28.7. The first-order valence-electron chi connectivity index (χ1n) is 6.04. The highest BCUT2D eigenvalue weighted by Gasteiger charge is 2.17. The number of ether oxygens (including phenoxy) is 1. The summed E-state index contributed by atoms with van der Waals surface area (Å²) in [6, 6.07) is 1.56. The predicted octanol–water partition coefficient (Wildman–Crippen LogP) is 2.60. The lowest BCUT2D eigenvalue weighted by Crippen LogP contribution is -2.15. The van der Waals surface area contributed by atoms with E-state index in [0.29, 0.717) is 12.2 Å². The van der Waals surface area contributed by atoms with E-state index in [9.17, 15) is 8.42 Å². The van der Waals surface area contributed by atoms with Gasteiger partial charge in [-0.05, 0) is 63.5 Å². The first-order chi connectivity index (χ1) is 8.64. The third-order valence-electron chi connectivity index (χ3n) is 3.00. The molecule has 0 amide bonds. The lowest BCUT2D eigenvalue weighted by atomic mass is 10.1. The smallest absolute Gasteiger partial charge is 0.238 e. The van der Waals surface area contributed by atoms with Crippen LogP contribution in [0.5, 0.6) is 5.75 Å². The standard InChI is InChI=1S/C14H21NO3S/c1-9(2)6-7-18-14-10(3)8-13(19(15,16)17)11(4)12(14)5/h6,8H,7H2,1-5H3,(H2,15,16,17). The highest BCUT2D eigenvalue weighted by atomic mass is 32.2. The van der Waals surface area contributed by atoms with Gasteiger partial charge in [0.1, 0.15) is 12.4 Å². The molecule has 0 fully saturated rings. The van der Waals surface area contributed by atoms with E-state index in [0.717, 1.165) is 16.9 Å². The number of hydrogen-bond acceptors (Lipinski definition) is 3. The average molecular weight is 283 g/mol. The second kappa shape index (κ2) is 5.75.